The molecule has 1 aliphatic carbocycles. The molecule has 0 radical (unpaired) electrons. The number of likely N-dealkylation sites (N-methyl/N-ethyl adjacent to an activating group) is 1. The zero-order valence-electron chi connectivity index (χ0n) is 18.0. The maximum Gasteiger partial charge on any atom is 0.228 e. The lowest BCUT2D eigenvalue weighted by atomic mass is 9.77. The van der Waals surface area contributed by atoms with E-state index in [1.807, 2.05) is 29.2 Å². The van der Waals surface area contributed by atoms with Crippen LogP contribution in [0.1, 0.15) is 25.7 Å². The first kappa shape index (κ1) is 21.3. The van der Waals surface area contributed by atoms with Gasteiger partial charge >= 0.3 is 0 Å². The molecule has 0 spiro atoms. The van der Waals surface area contributed by atoms with Gasteiger partial charge in [0.1, 0.15) is 11.5 Å². The van der Waals surface area contributed by atoms with E-state index in [1.165, 1.54) is 0 Å². The molecular formula is C24H30N4O3. The third-order valence-corrected chi connectivity index (χ3v) is 6.24. The molecule has 31 heavy (non-hydrogen) atoms. The molecule has 7 heteroatoms. The number of amides is 2. The summed E-state index contributed by atoms with van der Waals surface area (Å²) in [5, 5.41) is 3.01. The molecule has 2 unspecified atom stereocenters. The van der Waals surface area contributed by atoms with Crippen molar-refractivity contribution < 1.29 is 14.3 Å². The van der Waals surface area contributed by atoms with Crippen molar-refractivity contribution in [3.8, 4) is 11.5 Å². The second-order valence-corrected chi connectivity index (χ2v) is 8.42. The molecule has 164 valence electrons. The molecule has 4 rings (SSSR count). The quantitative estimate of drug-likeness (QED) is 0.799. The Balaban J connectivity index is 1.37. The summed E-state index contributed by atoms with van der Waals surface area (Å²) in [5.41, 5.74) is 0.712. The number of aromatic nitrogens is 1. The molecular weight excluding hydrogens is 392 g/mol. The van der Waals surface area contributed by atoms with Gasteiger partial charge < -0.3 is 19.9 Å². The van der Waals surface area contributed by atoms with Crippen LogP contribution in [0.15, 0.2) is 48.8 Å². The normalized spacial score (nSPS) is 22.0. The Bertz CT molecular complexity index is 879. The van der Waals surface area contributed by atoms with Crippen molar-refractivity contribution in [1.29, 1.82) is 0 Å². The largest absolute Gasteiger partial charge is 0.457 e. The van der Waals surface area contributed by atoms with Crippen LogP contribution in [0.5, 0.6) is 11.5 Å². The summed E-state index contributed by atoms with van der Waals surface area (Å²) in [6.07, 6.45) is 6.90. The van der Waals surface area contributed by atoms with Gasteiger partial charge in [-0.2, -0.15) is 0 Å². The van der Waals surface area contributed by atoms with Crippen LogP contribution in [-0.2, 0) is 9.59 Å². The van der Waals surface area contributed by atoms with Crippen molar-refractivity contribution >= 4 is 17.5 Å². The predicted octanol–water partition coefficient (Wildman–Crippen LogP) is 3.39. The van der Waals surface area contributed by atoms with Crippen molar-refractivity contribution in [1.82, 2.24) is 14.8 Å². The Kier molecular flexibility index (Phi) is 6.82. The van der Waals surface area contributed by atoms with E-state index in [4.69, 9.17) is 4.74 Å². The predicted molar refractivity (Wildman–Crippen MR) is 119 cm³/mol. The lowest BCUT2D eigenvalue weighted by Gasteiger charge is -2.37. The van der Waals surface area contributed by atoms with E-state index in [-0.39, 0.29) is 23.7 Å². The maximum absolute atomic E-state index is 13.2. The van der Waals surface area contributed by atoms with Gasteiger partial charge in [0.05, 0.1) is 0 Å². The average molecular weight is 423 g/mol. The first-order valence-corrected chi connectivity index (χ1v) is 11.1. The van der Waals surface area contributed by atoms with Crippen LogP contribution in [0.25, 0.3) is 0 Å². The number of hydrogen-bond acceptors (Lipinski definition) is 5. The van der Waals surface area contributed by atoms with E-state index in [0.717, 1.165) is 51.9 Å². The summed E-state index contributed by atoms with van der Waals surface area (Å²) in [6.45, 7) is 3.28. The number of hydrogen-bond donors (Lipinski definition) is 1. The molecule has 1 N–H and O–H groups in total. The SMILES string of the molecule is CN1CCN(C(=O)C2CCCCC2C(=O)Nc2ccc(Oc3ccncc3)cc2)CC1. The van der Waals surface area contributed by atoms with Gasteiger partial charge in [0.2, 0.25) is 11.8 Å². The van der Waals surface area contributed by atoms with Crippen LogP contribution >= 0.6 is 0 Å². The van der Waals surface area contributed by atoms with Gasteiger partial charge in [-0.15, -0.1) is 0 Å². The number of anilines is 1. The zero-order chi connectivity index (χ0) is 21.6. The molecule has 1 aliphatic heterocycles. The van der Waals surface area contributed by atoms with Crippen molar-refractivity contribution in [2.75, 3.05) is 38.5 Å². The third-order valence-electron chi connectivity index (χ3n) is 6.24. The second kappa shape index (κ2) is 9.92. The van der Waals surface area contributed by atoms with Gasteiger partial charge in [0.15, 0.2) is 0 Å². The van der Waals surface area contributed by atoms with Crippen molar-refractivity contribution in [2.24, 2.45) is 11.8 Å². The van der Waals surface area contributed by atoms with Gasteiger partial charge in [-0.05, 0) is 56.3 Å². The fraction of sp³-hybridized carbons (Fsp3) is 0.458. The first-order valence-electron chi connectivity index (χ1n) is 11.1. The minimum atomic E-state index is -0.270. The van der Waals surface area contributed by atoms with Crippen LogP contribution < -0.4 is 10.1 Å². The Morgan fingerprint density at radius 1 is 0.903 bits per heavy atom. The number of carbonyl (C=O) groups excluding carboxylic acids is 2. The van der Waals surface area contributed by atoms with E-state index in [1.54, 1.807) is 24.5 Å². The highest BCUT2D eigenvalue weighted by molar-refractivity contribution is 5.96. The van der Waals surface area contributed by atoms with Gasteiger partial charge in [-0.3, -0.25) is 14.6 Å². The van der Waals surface area contributed by atoms with Gasteiger partial charge in [-0.25, -0.2) is 0 Å². The first-order chi connectivity index (χ1) is 15.1. The summed E-state index contributed by atoms with van der Waals surface area (Å²) in [4.78, 5) is 34.4. The van der Waals surface area contributed by atoms with E-state index in [9.17, 15) is 9.59 Å². The molecule has 2 heterocycles. The van der Waals surface area contributed by atoms with Crippen LogP contribution in [0.3, 0.4) is 0 Å². The highest BCUT2D eigenvalue weighted by Gasteiger charge is 2.38. The summed E-state index contributed by atoms with van der Waals surface area (Å²) in [5.74, 6) is 0.994. The summed E-state index contributed by atoms with van der Waals surface area (Å²) in [7, 11) is 2.08. The molecule has 2 aromatic rings. The molecule has 2 fully saturated rings. The Hall–Kier alpha value is -2.93. The number of ether oxygens (including phenoxy) is 1. The standard InChI is InChI=1S/C24H30N4O3/c1-27-14-16-28(17-15-27)24(30)22-5-3-2-4-21(22)23(29)26-18-6-8-19(9-7-18)31-20-10-12-25-13-11-20/h6-13,21-22H,2-5,14-17H2,1H3,(H,26,29). The molecule has 7 nitrogen and oxygen atoms in total. The number of nitrogens with one attached hydrogen (secondary N) is 1. The topological polar surface area (TPSA) is 74.8 Å². The van der Waals surface area contributed by atoms with E-state index >= 15 is 0 Å². The number of rotatable bonds is 5. The molecule has 1 saturated heterocycles. The Labute approximate surface area is 183 Å². The van der Waals surface area contributed by atoms with E-state index < -0.39 is 0 Å². The summed E-state index contributed by atoms with van der Waals surface area (Å²) >= 11 is 0. The van der Waals surface area contributed by atoms with Crippen molar-refractivity contribution in [2.45, 2.75) is 25.7 Å². The number of carbonyl (C=O) groups is 2. The molecule has 2 amide bonds. The molecule has 1 saturated carbocycles. The van der Waals surface area contributed by atoms with Crippen molar-refractivity contribution in [3.63, 3.8) is 0 Å². The summed E-state index contributed by atoms with van der Waals surface area (Å²) in [6, 6.07) is 10.9. The molecule has 0 bridgehead atoms. The smallest absolute Gasteiger partial charge is 0.228 e. The van der Waals surface area contributed by atoms with Gasteiger partial charge in [0.25, 0.3) is 0 Å². The lowest BCUT2D eigenvalue weighted by Crippen LogP contribution is -2.51. The monoisotopic (exact) mass is 422 g/mol. The molecule has 2 aliphatic rings. The summed E-state index contributed by atoms with van der Waals surface area (Å²) < 4.78 is 5.77. The molecule has 1 aromatic heterocycles. The maximum atomic E-state index is 13.2. The fourth-order valence-electron chi connectivity index (χ4n) is 4.39. The van der Waals surface area contributed by atoms with Gasteiger partial charge in [-0.1, -0.05) is 12.8 Å². The third kappa shape index (κ3) is 5.41. The number of benzene rings is 1. The van der Waals surface area contributed by atoms with Crippen LogP contribution in [0, 0.1) is 11.8 Å². The fourth-order valence-corrected chi connectivity index (χ4v) is 4.39. The number of nitrogens with zero attached hydrogens (tertiary/aromatic N) is 3. The second-order valence-electron chi connectivity index (χ2n) is 8.42. The minimum absolute atomic E-state index is 0.0602. The zero-order valence-corrected chi connectivity index (χ0v) is 18.0. The highest BCUT2D eigenvalue weighted by Crippen LogP contribution is 2.33. The number of pyridine rings is 1. The molecule has 2 atom stereocenters. The Morgan fingerprint density at radius 2 is 1.52 bits per heavy atom. The van der Waals surface area contributed by atoms with Crippen LogP contribution in [0.4, 0.5) is 5.69 Å². The Morgan fingerprint density at radius 3 is 2.19 bits per heavy atom. The average Bonchev–Trinajstić information content (AvgIpc) is 2.81. The number of piperazine rings is 1. The van der Waals surface area contributed by atoms with E-state index in [0.29, 0.717) is 17.2 Å². The minimum Gasteiger partial charge on any atom is -0.457 e. The molecule has 1 aromatic carbocycles. The van der Waals surface area contributed by atoms with Crippen molar-refractivity contribution in [3.05, 3.63) is 48.8 Å². The van der Waals surface area contributed by atoms with Crippen LogP contribution in [-0.4, -0.2) is 59.8 Å². The van der Waals surface area contributed by atoms with Crippen LogP contribution in [0.2, 0.25) is 0 Å². The van der Waals surface area contributed by atoms with Gasteiger partial charge in [0, 0.05) is 56.1 Å². The lowest BCUT2D eigenvalue weighted by molar-refractivity contribution is -0.143. The van der Waals surface area contributed by atoms with E-state index in [2.05, 4.69) is 22.2 Å². The highest BCUT2D eigenvalue weighted by atomic mass is 16.5.